The van der Waals surface area contributed by atoms with Crippen LogP contribution in [0.25, 0.3) is 0 Å². The molecule has 2 nitrogen and oxygen atoms in total. The Bertz CT molecular complexity index is 394. The summed E-state index contributed by atoms with van der Waals surface area (Å²) in [6.45, 7) is 2.23. The van der Waals surface area contributed by atoms with Crippen LogP contribution in [-0.4, -0.2) is 6.10 Å². The zero-order valence-electron chi connectivity index (χ0n) is 9.65. The molecule has 2 heteroatoms. The fourth-order valence-electron chi connectivity index (χ4n) is 2.28. The molecule has 0 heterocycles. The molecule has 1 aromatic carbocycles. The zero-order chi connectivity index (χ0) is 11.4. The van der Waals surface area contributed by atoms with Crippen LogP contribution in [-0.2, 0) is 0 Å². The van der Waals surface area contributed by atoms with Gasteiger partial charge in [0.1, 0.15) is 17.9 Å². The second-order valence-corrected chi connectivity index (χ2v) is 4.53. The van der Waals surface area contributed by atoms with E-state index in [1.54, 1.807) is 0 Å². The Labute approximate surface area is 96.9 Å². The third-order valence-electron chi connectivity index (χ3n) is 3.32. The van der Waals surface area contributed by atoms with Gasteiger partial charge in [0.05, 0.1) is 5.56 Å². The SMILES string of the molecule is CC1CCCCC1Oc1ccccc1C#N. The van der Waals surface area contributed by atoms with Crippen molar-refractivity contribution in [1.29, 1.82) is 5.26 Å². The van der Waals surface area contributed by atoms with Gasteiger partial charge in [-0.25, -0.2) is 0 Å². The fourth-order valence-corrected chi connectivity index (χ4v) is 2.28. The number of benzene rings is 1. The van der Waals surface area contributed by atoms with Crippen molar-refractivity contribution in [1.82, 2.24) is 0 Å². The molecule has 1 fully saturated rings. The number of hydrogen-bond donors (Lipinski definition) is 0. The molecular formula is C14H17NO. The molecule has 0 aromatic heterocycles. The van der Waals surface area contributed by atoms with E-state index in [0.29, 0.717) is 11.5 Å². The van der Waals surface area contributed by atoms with Crippen molar-refractivity contribution in [3.63, 3.8) is 0 Å². The molecule has 1 saturated carbocycles. The van der Waals surface area contributed by atoms with Gasteiger partial charge in [-0.3, -0.25) is 0 Å². The maximum absolute atomic E-state index is 8.98. The molecular weight excluding hydrogens is 198 g/mol. The first-order chi connectivity index (χ1) is 7.81. The van der Waals surface area contributed by atoms with Gasteiger partial charge in [-0.05, 0) is 37.3 Å². The van der Waals surface area contributed by atoms with Crippen LogP contribution >= 0.6 is 0 Å². The lowest BCUT2D eigenvalue weighted by Crippen LogP contribution is -2.28. The minimum atomic E-state index is 0.281. The van der Waals surface area contributed by atoms with Crippen LogP contribution in [0.4, 0.5) is 0 Å². The number of nitriles is 1. The maximum Gasteiger partial charge on any atom is 0.137 e. The second kappa shape index (κ2) is 5.03. The molecule has 0 amide bonds. The molecule has 1 aliphatic rings. The minimum absolute atomic E-state index is 0.281. The number of hydrogen-bond acceptors (Lipinski definition) is 2. The average Bonchev–Trinajstić information content (AvgIpc) is 2.33. The lowest BCUT2D eigenvalue weighted by atomic mass is 9.88. The predicted octanol–water partition coefficient (Wildman–Crippen LogP) is 3.52. The second-order valence-electron chi connectivity index (χ2n) is 4.53. The maximum atomic E-state index is 8.98. The predicted molar refractivity (Wildman–Crippen MR) is 63.2 cm³/mol. The lowest BCUT2D eigenvalue weighted by molar-refractivity contribution is 0.102. The first kappa shape index (κ1) is 11.0. The monoisotopic (exact) mass is 215 g/mol. The summed E-state index contributed by atoms with van der Waals surface area (Å²) < 4.78 is 5.97. The highest BCUT2D eigenvalue weighted by Gasteiger charge is 2.23. The first-order valence-corrected chi connectivity index (χ1v) is 5.97. The highest BCUT2D eigenvalue weighted by atomic mass is 16.5. The number of nitrogens with zero attached hydrogens (tertiary/aromatic N) is 1. The quantitative estimate of drug-likeness (QED) is 0.756. The van der Waals surface area contributed by atoms with Crippen LogP contribution in [0.15, 0.2) is 24.3 Å². The molecule has 1 aromatic rings. The summed E-state index contributed by atoms with van der Waals surface area (Å²) >= 11 is 0. The van der Waals surface area contributed by atoms with Crippen LogP contribution in [0.1, 0.15) is 38.2 Å². The normalized spacial score (nSPS) is 24.8. The molecule has 2 rings (SSSR count). The number of rotatable bonds is 2. The molecule has 2 unspecified atom stereocenters. The van der Waals surface area contributed by atoms with Gasteiger partial charge in [0.25, 0.3) is 0 Å². The van der Waals surface area contributed by atoms with Crippen molar-refractivity contribution in [3.8, 4) is 11.8 Å². The van der Waals surface area contributed by atoms with Gasteiger partial charge in [-0.1, -0.05) is 25.5 Å². The Morgan fingerprint density at radius 1 is 1.25 bits per heavy atom. The molecule has 2 atom stereocenters. The van der Waals surface area contributed by atoms with E-state index in [9.17, 15) is 0 Å². The van der Waals surface area contributed by atoms with Gasteiger partial charge in [0.2, 0.25) is 0 Å². The largest absolute Gasteiger partial charge is 0.489 e. The lowest BCUT2D eigenvalue weighted by Gasteiger charge is -2.29. The van der Waals surface area contributed by atoms with Crippen molar-refractivity contribution in [3.05, 3.63) is 29.8 Å². The molecule has 16 heavy (non-hydrogen) atoms. The Morgan fingerprint density at radius 2 is 2.00 bits per heavy atom. The molecule has 84 valence electrons. The third kappa shape index (κ3) is 2.36. The summed E-state index contributed by atoms with van der Waals surface area (Å²) in [7, 11) is 0. The van der Waals surface area contributed by atoms with Gasteiger partial charge >= 0.3 is 0 Å². The molecule has 0 aliphatic heterocycles. The van der Waals surface area contributed by atoms with Crippen molar-refractivity contribution in [2.75, 3.05) is 0 Å². The topological polar surface area (TPSA) is 33.0 Å². The molecule has 0 saturated heterocycles. The minimum Gasteiger partial charge on any atom is -0.489 e. The highest BCUT2D eigenvalue weighted by molar-refractivity contribution is 5.42. The standard InChI is InChI=1S/C14H17NO/c1-11-6-2-4-8-13(11)16-14-9-5-3-7-12(14)10-15/h3,5,7,9,11,13H,2,4,6,8H2,1H3. The Balaban J connectivity index is 2.11. The molecule has 0 N–H and O–H groups in total. The molecule has 0 radical (unpaired) electrons. The van der Waals surface area contributed by atoms with E-state index in [4.69, 9.17) is 10.00 Å². The van der Waals surface area contributed by atoms with Crippen LogP contribution in [0, 0.1) is 17.2 Å². The average molecular weight is 215 g/mol. The summed E-state index contributed by atoms with van der Waals surface area (Å²) in [4.78, 5) is 0. The Hall–Kier alpha value is -1.49. The molecule has 1 aliphatic carbocycles. The highest BCUT2D eigenvalue weighted by Crippen LogP contribution is 2.29. The molecule has 0 bridgehead atoms. The van der Waals surface area contributed by atoms with Gasteiger partial charge in [0.15, 0.2) is 0 Å². The molecule has 0 spiro atoms. The van der Waals surface area contributed by atoms with E-state index in [2.05, 4.69) is 13.0 Å². The fraction of sp³-hybridized carbons (Fsp3) is 0.500. The summed E-state index contributed by atoms with van der Waals surface area (Å²) in [5.41, 5.74) is 0.639. The van der Waals surface area contributed by atoms with Gasteiger partial charge in [-0.15, -0.1) is 0 Å². The van der Waals surface area contributed by atoms with Gasteiger partial charge in [-0.2, -0.15) is 5.26 Å². The Kier molecular flexibility index (Phi) is 3.46. The van der Waals surface area contributed by atoms with Crippen molar-refractivity contribution >= 4 is 0 Å². The summed E-state index contributed by atoms with van der Waals surface area (Å²) in [5, 5.41) is 8.98. The first-order valence-electron chi connectivity index (χ1n) is 5.97. The third-order valence-corrected chi connectivity index (χ3v) is 3.32. The van der Waals surface area contributed by atoms with E-state index in [1.807, 2.05) is 24.3 Å². The summed E-state index contributed by atoms with van der Waals surface area (Å²) in [6.07, 6.45) is 5.17. The van der Waals surface area contributed by atoms with Crippen LogP contribution in [0.3, 0.4) is 0 Å². The van der Waals surface area contributed by atoms with E-state index < -0.39 is 0 Å². The number of ether oxygens (including phenoxy) is 1. The zero-order valence-corrected chi connectivity index (χ0v) is 9.65. The van der Waals surface area contributed by atoms with E-state index >= 15 is 0 Å². The van der Waals surface area contributed by atoms with Gasteiger partial charge in [0, 0.05) is 0 Å². The van der Waals surface area contributed by atoms with Crippen LogP contribution < -0.4 is 4.74 Å². The van der Waals surface area contributed by atoms with E-state index in [0.717, 1.165) is 12.2 Å². The summed E-state index contributed by atoms with van der Waals surface area (Å²) in [5.74, 6) is 1.34. The van der Waals surface area contributed by atoms with Crippen molar-refractivity contribution < 1.29 is 4.74 Å². The van der Waals surface area contributed by atoms with Crippen molar-refractivity contribution in [2.45, 2.75) is 38.7 Å². The van der Waals surface area contributed by atoms with Crippen molar-refractivity contribution in [2.24, 2.45) is 5.92 Å². The van der Waals surface area contributed by atoms with E-state index in [1.165, 1.54) is 19.3 Å². The summed E-state index contributed by atoms with van der Waals surface area (Å²) in [6, 6.07) is 9.66. The Morgan fingerprint density at radius 3 is 2.75 bits per heavy atom. The van der Waals surface area contributed by atoms with Gasteiger partial charge < -0.3 is 4.74 Å². The van der Waals surface area contributed by atoms with E-state index in [-0.39, 0.29) is 6.10 Å². The smallest absolute Gasteiger partial charge is 0.137 e. The van der Waals surface area contributed by atoms with Crippen LogP contribution in [0.2, 0.25) is 0 Å². The number of para-hydroxylation sites is 1. The van der Waals surface area contributed by atoms with Crippen LogP contribution in [0.5, 0.6) is 5.75 Å².